The zero-order valence-corrected chi connectivity index (χ0v) is 12.1. The van der Waals surface area contributed by atoms with Gasteiger partial charge in [0.25, 0.3) is 0 Å². The van der Waals surface area contributed by atoms with Gasteiger partial charge in [0, 0.05) is 17.8 Å². The first kappa shape index (κ1) is 14.2. The summed E-state index contributed by atoms with van der Waals surface area (Å²) in [6.07, 6.45) is 0.959. The average Bonchev–Trinajstić information content (AvgIpc) is 2.45. The third kappa shape index (κ3) is 3.41. The number of aromatic nitrogens is 1. The third-order valence-electron chi connectivity index (χ3n) is 3.07. The second-order valence-corrected chi connectivity index (χ2v) is 4.65. The summed E-state index contributed by atoms with van der Waals surface area (Å²) in [6, 6.07) is 9.62. The zero-order valence-electron chi connectivity index (χ0n) is 12.1. The number of pyridine rings is 1. The van der Waals surface area contributed by atoms with E-state index in [1.807, 2.05) is 37.3 Å². The Morgan fingerprint density at radius 1 is 1.20 bits per heavy atom. The Balaban J connectivity index is 2.10. The molecular weight excluding hydrogens is 252 g/mol. The van der Waals surface area contributed by atoms with Crippen LogP contribution in [0, 0.1) is 6.92 Å². The molecule has 0 bridgehead atoms. The Morgan fingerprint density at radius 3 is 2.65 bits per heavy atom. The van der Waals surface area contributed by atoms with Crippen LogP contribution >= 0.6 is 0 Å². The van der Waals surface area contributed by atoms with E-state index in [-0.39, 0.29) is 0 Å². The molecule has 4 nitrogen and oxygen atoms in total. The van der Waals surface area contributed by atoms with E-state index in [0.29, 0.717) is 18.0 Å². The minimum Gasteiger partial charge on any atom is -0.497 e. The Kier molecular flexibility index (Phi) is 4.45. The molecule has 1 aromatic heterocycles. The number of nitrogen functional groups attached to an aromatic ring is 1. The Labute approximate surface area is 119 Å². The molecule has 0 amide bonds. The van der Waals surface area contributed by atoms with Crippen LogP contribution in [0.4, 0.5) is 5.69 Å². The number of benzene rings is 1. The van der Waals surface area contributed by atoms with Crippen molar-refractivity contribution in [3.63, 3.8) is 0 Å². The monoisotopic (exact) mass is 272 g/mol. The number of aryl methyl sites for hydroxylation is 2. The van der Waals surface area contributed by atoms with Crippen LogP contribution < -0.4 is 15.2 Å². The van der Waals surface area contributed by atoms with Gasteiger partial charge in [0.15, 0.2) is 0 Å². The quantitative estimate of drug-likeness (QED) is 0.850. The molecule has 0 aliphatic heterocycles. The standard InChI is InChI=1S/C16H20N2O2/c1-4-12-5-6-16(15(17)8-12)20-10-13-9-14(19-3)7-11(2)18-13/h5-9H,4,10,17H2,1-3H3. The van der Waals surface area contributed by atoms with Gasteiger partial charge in [-0.3, -0.25) is 4.98 Å². The fraction of sp³-hybridized carbons (Fsp3) is 0.312. The van der Waals surface area contributed by atoms with Gasteiger partial charge >= 0.3 is 0 Å². The summed E-state index contributed by atoms with van der Waals surface area (Å²) < 4.78 is 11.0. The number of hydrogen-bond donors (Lipinski definition) is 1. The molecule has 2 N–H and O–H groups in total. The second kappa shape index (κ2) is 6.28. The topological polar surface area (TPSA) is 57.4 Å². The summed E-state index contributed by atoms with van der Waals surface area (Å²) in [4.78, 5) is 4.41. The third-order valence-corrected chi connectivity index (χ3v) is 3.07. The van der Waals surface area contributed by atoms with E-state index < -0.39 is 0 Å². The SMILES string of the molecule is CCc1ccc(OCc2cc(OC)cc(C)n2)c(N)c1. The first-order valence-electron chi connectivity index (χ1n) is 6.65. The molecule has 0 atom stereocenters. The van der Waals surface area contributed by atoms with Crippen LogP contribution in [0.15, 0.2) is 30.3 Å². The van der Waals surface area contributed by atoms with Crippen molar-refractivity contribution < 1.29 is 9.47 Å². The molecular formula is C16H20N2O2. The summed E-state index contributed by atoms with van der Waals surface area (Å²) in [5, 5.41) is 0. The summed E-state index contributed by atoms with van der Waals surface area (Å²) >= 11 is 0. The van der Waals surface area contributed by atoms with E-state index >= 15 is 0 Å². The molecule has 2 rings (SSSR count). The zero-order chi connectivity index (χ0) is 14.5. The van der Waals surface area contributed by atoms with Gasteiger partial charge in [0.2, 0.25) is 0 Å². The van der Waals surface area contributed by atoms with Crippen molar-refractivity contribution in [2.45, 2.75) is 26.9 Å². The van der Waals surface area contributed by atoms with Crippen LogP contribution in [-0.2, 0) is 13.0 Å². The molecule has 0 fully saturated rings. The molecule has 0 aliphatic rings. The highest BCUT2D eigenvalue weighted by Gasteiger charge is 2.05. The maximum absolute atomic E-state index is 5.98. The summed E-state index contributed by atoms with van der Waals surface area (Å²) in [5.74, 6) is 1.47. The van der Waals surface area contributed by atoms with Crippen LogP contribution in [0.2, 0.25) is 0 Å². The summed E-state index contributed by atoms with van der Waals surface area (Å²) in [7, 11) is 1.64. The molecule has 1 aromatic carbocycles. The predicted molar refractivity (Wildman–Crippen MR) is 80.1 cm³/mol. The lowest BCUT2D eigenvalue weighted by Gasteiger charge is -2.11. The molecule has 20 heavy (non-hydrogen) atoms. The Bertz CT molecular complexity index is 597. The number of nitrogens with two attached hydrogens (primary N) is 1. The largest absolute Gasteiger partial charge is 0.497 e. The van der Waals surface area contributed by atoms with Crippen molar-refractivity contribution in [3.05, 3.63) is 47.3 Å². The number of anilines is 1. The number of methoxy groups -OCH3 is 1. The molecule has 1 heterocycles. The first-order chi connectivity index (χ1) is 9.62. The van der Waals surface area contributed by atoms with Gasteiger partial charge in [0.05, 0.1) is 18.5 Å². The Hall–Kier alpha value is -2.23. The van der Waals surface area contributed by atoms with E-state index in [1.54, 1.807) is 7.11 Å². The molecule has 106 valence electrons. The molecule has 4 heteroatoms. The molecule has 0 aliphatic carbocycles. The maximum Gasteiger partial charge on any atom is 0.142 e. The van der Waals surface area contributed by atoms with Gasteiger partial charge in [-0.15, -0.1) is 0 Å². The van der Waals surface area contributed by atoms with Crippen molar-refractivity contribution in [2.24, 2.45) is 0 Å². The van der Waals surface area contributed by atoms with Crippen molar-refractivity contribution in [1.82, 2.24) is 4.98 Å². The van der Waals surface area contributed by atoms with Gasteiger partial charge in [-0.05, 0) is 31.0 Å². The number of hydrogen-bond acceptors (Lipinski definition) is 4. The second-order valence-electron chi connectivity index (χ2n) is 4.65. The van der Waals surface area contributed by atoms with Crippen LogP contribution in [-0.4, -0.2) is 12.1 Å². The van der Waals surface area contributed by atoms with Crippen LogP contribution in [0.3, 0.4) is 0 Å². The molecule has 2 aromatic rings. The minimum absolute atomic E-state index is 0.369. The Morgan fingerprint density at radius 2 is 2.00 bits per heavy atom. The van der Waals surface area contributed by atoms with Gasteiger partial charge in [-0.25, -0.2) is 0 Å². The van der Waals surface area contributed by atoms with Crippen LogP contribution in [0.5, 0.6) is 11.5 Å². The van der Waals surface area contributed by atoms with Gasteiger partial charge in [0.1, 0.15) is 18.1 Å². The summed E-state index contributed by atoms with van der Waals surface area (Å²) in [5.41, 5.74) is 9.55. The van der Waals surface area contributed by atoms with E-state index in [0.717, 1.165) is 23.6 Å². The van der Waals surface area contributed by atoms with E-state index in [2.05, 4.69) is 11.9 Å². The molecule has 0 saturated heterocycles. The van der Waals surface area contributed by atoms with Crippen molar-refractivity contribution in [1.29, 1.82) is 0 Å². The normalized spacial score (nSPS) is 10.3. The lowest BCUT2D eigenvalue weighted by molar-refractivity contribution is 0.301. The summed E-state index contributed by atoms with van der Waals surface area (Å²) in [6.45, 7) is 4.39. The first-order valence-corrected chi connectivity index (χ1v) is 6.65. The molecule has 0 saturated carbocycles. The van der Waals surface area contributed by atoms with Gasteiger partial charge in [-0.1, -0.05) is 13.0 Å². The fourth-order valence-electron chi connectivity index (χ4n) is 2.00. The van der Waals surface area contributed by atoms with E-state index in [1.165, 1.54) is 5.56 Å². The van der Waals surface area contributed by atoms with Crippen molar-refractivity contribution in [2.75, 3.05) is 12.8 Å². The maximum atomic E-state index is 5.98. The fourth-order valence-corrected chi connectivity index (χ4v) is 2.00. The number of nitrogens with zero attached hydrogens (tertiary/aromatic N) is 1. The predicted octanol–water partition coefficient (Wildman–Crippen LogP) is 3.12. The minimum atomic E-state index is 0.369. The van der Waals surface area contributed by atoms with E-state index in [4.69, 9.17) is 15.2 Å². The van der Waals surface area contributed by atoms with Crippen LogP contribution in [0.25, 0.3) is 0 Å². The lowest BCUT2D eigenvalue weighted by Crippen LogP contribution is -2.02. The number of rotatable bonds is 5. The molecule has 0 unspecified atom stereocenters. The highest BCUT2D eigenvalue weighted by molar-refractivity contribution is 5.54. The van der Waals surface area contributed by atoms with Gasteiger partial charge in [-0.2, -0.15) is 0 Å². The highest BCUT2D eigenvalue weighted by atomic mass is 16.5. The van der Waals surface area contributed by atoms with Crippen LogP contribution in [0.1, 0.15) is 23.9 Å². The average molecular weight is 272 g/mol. The van der Waals surface area contributed by atoms with Gasteiger partial charge < -0.3 is 15.2 Å². The molecule has 0 radical (unpaired) electrons. The van der Waals surface area contributed by atoms with Crippen molar-refractivity contribution >= 4 is 5.69 Å². The smallest absolute Gasteiger partial charge is 0.142 e. The molecule has 0 spiro atoms. The highest BCUT2D eigenvalue weighted by Crippen LogP contribution is 2.24. The lowest BCUT2D eigenvalue weighted by atomic mass is 10.1. The van der Waals surface area contributed by atoms with E-state index in [9.17, 15) is 0 Å². The number of ether oxygens (including phenoxy) is 2. The van der Waals surface area contributed by atoms with Crippen molar-refractivity contribution in [3.8, 4) is 11.5 Å².